The minimum atomic E-state index is 0.797. The van der Waals surface area contributed by atoms with Gasteiger partial charge in [-0.15, -0.1) is 0 Å². The Bertz CT molecular complexity index is 5550. The Morgan fingerprint density at radius 1 is 0.277 bits per heavy atom. The molecule has 17 aromatic rings. The molecule has 0 radical (unpaired) electrons. The molecule has 0 atom stereocenters. The molecular formula is C76H53N7. The van der Waals surface area contributed by atoms with Gasteiger partial charge in [-0.25, -0.2) is 4.98 Å². The summed E-state index contributed by atoms with van der Waals surface area (Å²) in [5, 5.41) is 9.37. The quantitative estimate of drug-likeness (QED) is 0.160. The molecule has 7 nitrogen and oxygen atoms in total. The van der Waals surface area contributed by atoms with Crippen molar-refractivity contribution in [2.24, 2.45) is 0 Å². The highest BCUT2D eigenvalue weighted by Crippen LogP contribution is 2.55. The minimum absolute atomic E-state index is 0.797. The zero-order valence-electron chi connectivity index (χ0n) is 46.3. The highest BCUT2D eigenvalue weighted by Gasteiger charge is 2.37. The van der Waals surface area contributed by atoms with Crippen molar-refractivity contribution in [3.63, 3.8) is 0 Å². The molecule has 0 aliphatic carbocycles. The van der Waals surface area contributed by atoms with Gasteiger partial charge in [-0.1, -0.05) is 156 Å². The Morgan fingerprint density at radius 2 is 0.651 bits per heavy atom. The first-order valence-corrected chi connectivity index (χ1v) is 28.6. The number of nitrogens with zero attached hydrogens (tertiary/aromatic N) is 7. The average Bonchev–Trinajstić information content (AvgIpc) is 3.65. The fourth-order valence-electron chi connectivity index (χ4n) is 13.9. The van der Waals surface area contributed by atoms with Crippen LogP contribution >= 0.6 is 0 Å². The maximum absolute atomic E-state index is 6.05. The zero-order chi connectivity index (χ0) is 55.2. The standard InChI is InChI=1S/C76H53N7/c1-46-32-36-65-56(41-46)52-22-8-13-27-61(52)80(65)72-70(50-19-18-40-77-45-50)73(81-62-28-14-9-23-53(62)57-42-47(2)33-37-66(57)81)75(83-64-30-16-11-25-55(64)59-44-49(4)35-39-68(59)83)74(82-63-29-15-10-24-54(63)58-43-48(3)34-38-67(58)82)71(72)76-78-60-26-12-17-31-69(60)79(76)51-20-6-5-7-21-51/h5-45H,1-4H3. The maximum atomic E-state index is 6.05. The first-order chi connectivity index (χ1) is 40.9. The summed E-state index contributed by atoms with van der Waals surface area (Å²) in [6.07, 6.45) is 3.97. The number of aromatic nitrogens is 7. The molecule has 0 fully saturated rings. The summed E-state index contributed by atoms with van der Waals surface area (Å²) in [5.41, 5.74) is 23.2. The van der Waals surface area contributed by atoms with Crippen LogP contribution in [0.3, 0.4) is 0 Å². The molecule has 7 heteroatoms. The second-order valence-electron chi connectivity index (χ2n) is 22.5. The summed E-state index contributed by atoms with van der Waals surface area (Å²) in [7, 11) is 0. The van der Waals surface area contributed by atoms with Crippen LogP contribution in [0, 0.1) is 27.7 Å². The van der Waals surface area contributed by atoms with E-state index >= 15 is 0 Å². The molecule has 6 aromatic heterocycles. The van der Waals surface area contributed by atoms with Crippen molar-refractivity contribution in [2.75, 3.05) is 0 Å². The van der Waals surface area contributed by atoms with Crippen LogP contribution in [0.25, 0.3) is 149 Å². The summed E-state index contributed by atoms with van der Waals surface area (Å²) in [6.45, 7) is 8.82. The van der Waals surface area contributed by atoms with Crippen LogP contribution in [0.4, 0.5) is 0 Å². The van der Waals surface area contributed by atoms with Gasteiger partial charge in [0.05, 0.1) is 83.5 Å². The summed E-state index contributed by atoms with van der Waals surface area (Å²) in [5.74, 6) is 0.797. The SMILES string of the molecule is Cc1ccc2c(c1)c1ccccc1n2-c1c(-c2cccnc2)c(-n2c3ccccc3c3cc(C)ccc32)c(-n2c3ccccc3c3cc(C)ccc32)c(-n2c3ccccc3c3cc(C)ccc32)c1-c1nc2ccccc2n1-c1ccccc1. The summed E-state index contributed by atoms with van der Waals surface area (Å²) >= 11 is 0. The Hall–Kier alpha value is -10.8. The second kappa shape index (κ2) is 17.9. The Morgan fingerprint density at radius 3 is 1.10 bits per heavy atom. The van der Waals surface area contributed by atoms with E-state index in [9.17, 15) is 0 Å². The van der Waals surface area contributed by atoms with Crippen LogP contribution in [-0.2, 0) is 0 Å². The topological polar surface area (TPSA) is 50.4 Å². The van der Waals surface area contributed by atoms with Gasteiger partial charge in [0.25, 0.3) is 0 Å². The summed E-state index contributed by atoms with van der Waals surface area (Å²) in [4.78, 5) is 11.1. The maximum Gasteiger partial charge on any atom is 0.150 e. The van der Waals surface area contributed by atoms with Crippen molar-refractivity contribution in [2.45, 2.75) is 27.7 Å². The minimum Gasteiger partial charge on any atom is -0.308 e. The van der Waals surface area contributed by atoms with Crippen molar-refractivity contribution in [3.05, 3.63) is 271 Å². The normalized spacial score (nSPS) is 12.1. The van der Waals surface area contributed by atoms with Crippen LogP contribution in [0.5, 0.6) is 0 Å². The van der Waals surface area contributed by atoms with E-state index in [2.05, 4.69) is 293 Å². The van der Waals surface area contributed by atoms with E-state index in [1.807, 2.05) is 6.20 Å². The van der Waals surface area contributed by atoms with Crippen molar-refractivity contribution in [1.82, 2.24) is 32.8 Å². The predicted molar refractivity (Wildman–Crippen MR) is 346 cm³/mol. The van der Waals surface area contributed by atoms with Gasteiger partial charge >= 0.3 is 0 Å². The molecule has 392 valence electrons. The molecule has 11 aromatic carbocycles. The number of pyridine rings is 1. The van der Waals surface area contributed by atoms with Gasteiger partial charge in [-0.05, 0) is 131 Å². The average molecular weight is 1060 g/mol. The number of rotatable bonds is 7. The van der Waals surface area contributed by atoms with Gasteiger partial charge < -0.3 is 18.3 Å². The van der Waals surface area contributed by atoms with Crippen LogP contribution < -0.4 is 0 Å². The third-order valence-corrected chi connectivity index (χ3v) is 17.4. The van der Waals surface area contributed by atoms with Crippen LogP contribution in [0.15, 0.2) is 249 Å². The number of hydrogen-bond acceptors (Lipinski definition) is 2. The largest absolute Gasteiger partial charge is 0.308 e. The molecule has 0 N–H and O–H groups in total. The number of para-hydroxylation sites is 7. The van der Waals surface area contributed by atoms with Crippen LogP contribution in [0.2, 0.25) is 0 Å². The monoisotopic (exact) mass is 1060 g/mol. The van der Waals surface area contributed by atoms with E-state index in [4.69, 9.17) is 9.97 Å². The number of fused-ring (bicyclic) bond motifs is 13. The number of benzene rings is 11. The van der Waals surface area contributed by atoms with Gasteiger partial charge in [0.15, 0.2) is 0 Å². The number of hydrogen-bond donors (Lipinski definition) is 0. The van der Waals surface area contributed by atoms with E-state index in [-0.39, 0.29) is 0 Å². The molecule has 0 saturated carbocycles. The zero-order valence-corrected chi connectivity index (χ0v) is 46.3. The molecule has 0 unspecified atom stereocenters. The molecule has 6 heterocycles. The smallest absolute Gasteiger partial charge is 0.150 e. The molecule has 0 aliphatic heterocycles. The lowest BCUT2D eigenvalue weighted by molar-refractivity contribution is 1.02. The molecule has 17 rings (SSSR count). The summed E-state index contributed by atoms with van der Waals surface area (Å²) < 4.78 is 12.7. The molecule has 0 aliphatic rings. The first-order valence-electron chi connectivity index (χ1n) is 28.6. The Balaban J connectivity index is 1.28. The molecule has 0 spiro atoms. The number of imidazole rings is 1. The number of aryl methyl sites for hydroxylation is 4. The van der Waals surface area contributed by atoms with Gasteiger partial charge in [0.1, 0.15) is 5.82 Å². The van der Waals surface area contributed by atoms with Crippen LogP contribution in [-0.4, -0.2) is 32.8 Å². The third kappa shape index (κ3) is 6.79. The fraction of sp³-hybridized carbons (Fsp3) is 0.0526. The van der Waals surface area contributed by atoms with Crippen molar-refractivity contribution < 1.29 is 0 Å². The van der Waals surface area contributed by atoms with Gasteiger partial charge in [-0.3, -0.25) is 9.55 Å². The van der Waals surface area contributed by atoms with E-state index in [0.717, 1.165) is 117 Å². The van der Waals surface area contributed by atoms with Gasteiger partial charge in [0, 0.05) is 72.3 Å². The van der Waals surface area contributed by atoms with E-state index in [1.165, 1.54) is 54.6 Å². The van der Waals surface area contributed by atoms with Crippen molar-refractivity contribution in [1.29, 1.82) is 0 Å². The highest BCUT2D eigenvalue weighted by atomic mass is 15.2. The third-order valence-electron chi connectivity index (χ3n) is 17.4. The predicted octanol–water partition coefficient (Wildman–Crippen LogP) is 19.4. The first kappa shape index (κ1) is 47.1. The molecule has 83 heavy (non-hydrogen) atoms. The lowest BCUT2D eigenvalue weighted by Crippen LogP contribution is -2.17. The van der Waals surface area contributed by atoms with Gasteiger partial charge in [-0.2, -0.15) is 0 Å². The molecule has 0 saturated heterocycles. The lowest BCUT2D eigenvalue weighted by Gasteiger charge is -2.31. The fourth-order valence-corrected chi connectivity index (χ4v) is 13.9. The Labute approximate surface area is 478 Å². The van der Waals surface area contributed by atoms with Crippen LogP contribution in [0.1, 0.15) is 22.3 Å². The summed E-state index contributed by atoms with van der Waals surface area (Å²) in [6, 6.07) is 87.6. The van der Waals surface area contributed by atoms with Gasteiger partial charge in [0.2, 0.25) is 0 Å². The highest BCUT2D eigenvalue weighted by molar-refractivity contribution is 6.19. The molecular weight excluding hydrogens is 1010 g/mol. The second-order valence-corrected chi connectivity index (χ2v) is 22.5. The van der Waals surface area contributed by atoms with Crippen molar-refractivity contribution in [3.8, 4) is 51.0 Å². The van der Waals surface area contributed by atoms with E-state index in [0.29, 0.717) is 0 Å². The van der Waals surface area contributed by atoms with E-state index < -0.39 is 0 Å². The lowest BCUT2D eigenvalue weighted by atomic mass is 9.92. The molecule has 0 bridgehead atoms. The molecule has 0 amide bonds. The Kier molecular flexibility index (Phi) is 10.1. The van der Waals surface area contributed by atoms with E-state index in [1.54, 1.807) is 0 Å². The van der Waals surface area contributed by atoms with Crippen molar-refractivity contribution >= 4 is 98.3 Å².